The van der Waals surface area contributed by atoms with Crippen molar-refractivity contribution in [3.63, 3.8) is 0 Å². The van der Waals surface area contributed by atoms with Gasteiger partial charge >= 0.3 is 12.0 Å². The first-order valence-electron chi connectivity index (χ1n) is 11.3. The van der Waals surface area contributed by atoms with Gasteiger partial charge in [0.05, 0.1) is 38.3 Å². The van der Waals surface area contributed by atoms with Crippen molar-refractivity contribution in [2.45, 2.75) is 20.0 Å². The molecule has 186 valence electrons. The maximum Gasteiger partial charge on any atom is 0.344 e. The molecule has 0 unspecified atom stereocenters. The molecule has 1 fully saturated rings. The first-order chi connectivity index (χ1) is 17.1. The second-order valence-corrected chi connectivity index (χ2v) is 8.80. The number of rotatable bonds is 10. The molecule has 1 aliphatic heterocycles. The third-order valence-electron chi connectivity index (χ3n) is 5.13. The molecule has 4 rings (SSSR count). The largest absolute Gasteiger partial charge is 0.482 e. The average Bonchev–Trinajstić information content (AvgIpc) is 3.52. The number of hydrogen-bond acceptors (Lipinski definition) is 9. The number of aromatic nitrogens is 3. The van der Waals surface area contributed by atoms with Crippen molar-refractivity contribution >= 4 is 28.5 Å². The Kier molecular flexibility index (Phi) is 8.65. The number of aromatic amines is 1. The number of carbonyl (C=O) groups excluding carboxylic acids is 2. The van der Waals surface area contributed by atoms with E-state index in [2.05, 4.69) is 30.5 Å². The van der Waals surface area contributed by atoms with Crippen LogP contribution in [0, 0.1) is 0 Å². The predicted molar refractivity (Wildman–Crippen MR) is 130 cm³/mol. The molecule has 0 radical (unpaired) electrons. The number of benzene rings is 1. The molecule has 3 N–H and O–H groups in total. The number of ether oxygens (including phenoxy) is 3. The molecule has 0 atom stereocenters. The maximum absolute atomic E-state index is 12.3. The van der Waals surface area contributed by atoms with Gasteiger partial charge in [-0.25, -0.2) is 19.6 Å². The molecule has 0 bridgehead atoms. The van der Waals surface area contributed by atoms with Crippen LogP contribution in [0.5, 0.6) is 5.75 Å². The zero-order valence-electron chi connectivity index (χ0n) is 19.4. The third-order valence-corrected chi connectivity index (χ3v) is 6.03. The van der Waals surface area contributed by atoms with Crippen LogP contribution in [0.4, 0.5) is 9.93 Å². The minimum absolute atomic E-state index is 0.134. The van der Waals surface area contributed by atoms with Gasteiger partial charge in [-0.05, 0) is 36.8 Å². The van der Waals surface area contributed by atoms with Gasteiger partial charge in [0.2, 0.25) is 0 Å². The molecular weight excluding hydrogens is 472 g/mol. The molecule has 35 heavy (non-hydrogen) atoms. The Morgan fingerprint density at radius 1 is 1.17 bits per heavy atom. The van der Waals surface area contributed by atoms with Gasteiger partial charge in [0, 0.05) is 30.7 Å². The highest BCUT2D eigenvalue weighted by molar-refractivity contribution is 7.15. The van der Waals surface area contributed by atoms with E-state index in [0.29, 0.717) is 23.3 Å². The number of urea groups is 1. The van der Waals surface area contributed by atoms with Crippen molar-refractivity contribution < 1.29 is 23.8 Å². The van der Waals surface area contributed by atoms with E-state index in [-0.39, 0.29) is 19.2 Å². The zero-order chi connectivity index (χ0) is 24.5. The number of carbonyl (C=O) groups is 2. The minimum Gasteiger partial charge on any atom is -0.482 e. The van der Waals surface area contributed by atoms with E-state index in [9.17, 15) is 9.59 Å². The number of nitrogens with one attached hydrogen (secondary N) is 3. The van der Waals surface area contributed by atoms with Crippen LogP contribution in [-0.4, -0.2) is 71.4 Å². The Balaban J connectivity index is 1.22. The number of nitrogens with zero attached hydrogens (tertiary/aromatic N) is 3. The molecule has 2 aromatic heterocycles. The van der Waals surface area contributed by atoms with Gasteiger partial charge in [-0.15, -0.1) is 11.3 Å². The SMILES string of the molecule is CCOC(=O)COc1ccc(-c2cnc(CNC(=O)Nc3ncc(CN4CCOCC4)s3)[nH]2)cc1. The minimum atomic E-state index is -0.408. The van der Waals surface area contributed by atoms with Gasteiger partial charge < -0.3 is 24.5 Å². The fourth-order valence-corrected chi connectivity index (χ4v) is 4.25. The van der Waals surface area contributed by atoms with Crippen molar-refractivity contribution in [3.8, 4) is 17.0 Å². The highest BCUT2D eigenvalue weighted by atomic mass is 32.1. The summed E-state index contributed by atoms with van der Waals surface area (Å²) in [5, 5.41) is 6.10. The Bertz CT molecular complexity index is 1110. The first kappa shape index (κ1) is 24.6. The highest BCUT2D eigenvalue weighted by Gasteiger charge is 2.14. The highest BCUT2D eigenvalue weighted by Crippen LogP contribution is 2.22. The molecule has 1 saturated heterocycles. The summed E-state index contributed by atoms with van der Waals surface area (Å²) in [7, 11) is 0. The van der Waals surface area contributed by atoms with E-state index in [4.69, 9.17) is 14.2 Å². The molecule has 0 aliphatic carbocycles. The number of amides is 2. The van der Waals surface area contributed by atoms with Crippen LogP contribution in [0.1, 0.15) is 17.6 Å². The van der Waals surface area contributed by atoms with Crippen molar-refractivity contribution in [2.75, 3.05) is 44.8 Å². The van der Waals surface area contributed by atoms with E-state index in [1.165, 1.54) is 11.3 Å². The number of anilines is 1. The Labute approximate surface area is 206 Å². The van der Waals surface area contributed by atoms with Crippen LogP contribution in [0.25, 0.3) is 11.3 Å². The van der Waals surface area contributed by atoms with Gasteiger partial charge in [0.1, 0.15) is 11.6 Å². The summed E-state index contributed by atoms with van der Waals surface area (Å²) in [5.74, 6) is 0.773. The molecule has 0 saturated carbocycles. The second kappa shape index (κ2) is 12.3. The molecule has 3 heterocycles. The van der Waals surface area contributed by atoms with Crippen LogP contribution in [0.15, 0.2) is 36.7 Å². The maximum atomic E-state index is 12.3. The fourth-order valence-electron chi connectivity index (χ4n) is 3.40. The van der Waals surface area contributed by atoms with Crippen LogP contribution >= 0.6 is 11.3 Å². The van der Waals surface area contributed by atoms with Crippen molar-refractivity contribution in [3.05, 3.63) is 47.4 Å². The molecule has 3 aromatic rings. The molecule has 1 aliphatic rings. The van der Waals surface area contributed by atoms with Gasteiger partial charge in [-0.3, -0.25) is 10.2 Å². The van der Waals surface area contributed by atoms with Gasteiger partial charge in [-0.1, -0.05) is 0 Å². The van der Waals surface area contributed by atoms with E-state index < -0.39 is 5.97 Å². The Hall–Kier alpha value is -3.48. The Morgan fingerprint density at radius 3 is 2.74 bits per heavy atom. The summed E-state index contributed by atoms with van der Waals surface area (Å²) in [6, 6.07) is 6.90. The van der Waals surface area contributed by atoms with E-state index in [1.807, 2.05) is 12.1 Å². The quantitative estimate of drug-likeness (QED) is 0.362. The number of esters is 1. The van der Waals surface area contributed by atoms with E-state index in [1.54, 1.807) is 31.5 Å². The zero-order valence-corrected chi connectivity index (χ0v) is 20.2. The van der Waals surface area contributed by atoms with Crippen LogP contribution in [-0.2, 0) is 27.4 Å². The number of thiazole rings is 1. The summed E-state index contributed by atoms with van der Waals surface area (Å²) in [6.45, 7) is 6.27. The van der Waals surface area contributed by atoms with Crippen molar-refractivity contribution in [1.29, 1.82) is 0 Å². The third kappa shape index (κ3) is 7.50. The molecular formula is C23H28N6O5S. The number of H-pyrrole nitrogens is 1. The monoisotopic (exact) mass is 500 g/mol. The number of imidazole rings is 1. The number of morpholine rings is 1. The lowest BCUT2D eigenvalue weighted by Gasteiger charge is -2.25. The molecule has 2 amide bonds. The predicted octanol–water partition coefficient (Wildman–Crippen LogP) is 2.63. The smallest absolute Gasteiger partial charge is 0.344 e. The lowest BCUT2D eigenvalue weighted by molar-refractivity contribution is -0.145. The molecule has 12 heteroatoms. The van der Waals surface area contributed by atoms with Gasteiger partial charge in [0.15, 0.2) is 11.7 Å². The normalized spacial score (nSPS) is 13.9. The summed E-state index contributed by atoms with van der Waals surface area (Å²) in [4.78, 5) is 38.9. The fraction of sp³-hybridized carbons (Fsp3) is 0.391. The average molecular weight is 501 g/mol. The van der Waals surface area contributed by atoms with Crippen LogP contribution in [0.2, 0.25) is 0 Å². The summed E-state index contributed by atoms with van der Waals surface area (Å²) in [5.41, 5.74) is 1.69. The molecule has 1 aromatic carbocycles. The van der Waals surface area contributed by atoms with Crippen molar-refractivity contribution in [1.82, 2.24) is 25.2 Å². The summed E-state index contributed by atoms with van der Waals surface area (Å²) < 4.78 is 15.6. The lowest BCUT2D eigenvalue weighted by atomic mass is 10.2. The van der Waals surface area contributed by atoms with E-state index >= 15 is 0 Å². The summed E-state index contributed by atoms with van der Waals surface area (Å²) >= 11 is 1.46. The topological polar surface area (TPSA) is 131 Å². The first-order valence-corrected chi connectivity index (χ1v) is 12.1. The standard InChI is InChI=1S/C23H28N6O5S/c1-2-33-21(30)15-34-17-5-3-16(4-6-17)19-12-24-20(27-19)13-25-22(31)28-23-26-11-18(35-23)14-29-7-9-32-10-8-29/h3-6,11-12H,2,7-10,13-15H2,1H3,(H,24,27)(H2,25,26,28,31). The van der Waals surface area contributed by atoms with Gasteiger partial charge in [0.25, 0.3) is 0 Å². The second-order valence-electron chi connectivity index (χ2n) is 7.69. The van der Waals surface area contributed by atoms with Gasteiger partial charge in [-0.2, -0.15) is 0 Å². The summed E-state index contributed by atoms with van der Waals surface area (Å²) in [6.07, 6.45) is 3.49. The molecule has 0 spiro atoms. The van der Waals surface area contributed by atoms with Crippen LogP contribution in [0.3, 0.4) is 0 Å². The van der Waals surface area contributed by atoms with E-state index in [0.717, 1.165) is 49.0 Å². The van der Waals surface area contributed by atoms with Crippen molar-refractivity contribution in [2.24, 2.45) is 0 Å². The lowest BCUT2D eigenvalue weighted by Crippen LogP contribution is -2.35. The molecule has 11 nitrogen and oxygen atoms in total. The Morgan fingerprint density at radius 2 is 1.97 bits per heavy atom. The number of hydrogen-bond donors (Lipinski definition) is 3. The van der Waals surface area contributed by atoms with Crippen LogP contribution < -0.4 is 15.4 Å².